The van der Waals surface area contributed by atoms with Crippen molar-refractivity contribution in [3.8, 4) is 0 Å². The van der Waals surface area contributed by atoms with Crippen molar-refractivity contribution in [1.82, 2.24) is 10.6 Å². The predicted octanol–water partition coefficient (Wildman–Crippen LogP) is 4.88. The molecule has 29 heavy (non-hydrogen) atoms. The molecule has 0 aliphatic heterocycles. The van der Waals surface area contributed by atoms with Gasteiger partial charge in [0, 0.05) is 18.8 Å². The van der Waals surface area contributed by atoms with Gasteiger partial charge in [-0.2, -0.15) is 8.42 Å². The second-order valence-corrected chi connectivity index (χ2v) is 12.5. The number of nitrogens with one attached hydrogen (secondary N) is 2. The van der Waals surface area contributed by atoms with E-state index in [9.17, 15) is 8.42 Å². The van der Waals surface area contributed by atoms with Crippen LogP contribution >= 0.6 is 10.8 Å². The molecule has 5 nitrogen and oxygen atoms in total. The van der Waals surface area contributed by atoms with Crippen LogP contribution in [0, 0.1) is 11.8 Å². The molecule has 2 fully saturated rings. The maximum Gasteiger partial charge on any atom is 0.322 e. The molecule has 0 heterocycles. The zero-order valence-corrected chi connectivity index (χ0v) is 20.0. The van der Waals surface area contributed by atoms with Crippen LogP contribution in [0.3, 0.4) is 0 Å². The van der Waals surface area contributed by atoms with Gasteiger partial charge in [-0.3, -0.25) is 4.18 Å². The smallest absolute Gasteiger partial charge is 0.316 e. The maximum atomic E-state index is 11.9. The van der Waals surface area contributed by atoms with E-state index in [0.717, 1.165) is 42.3 Å². The van der Waals surface area contributed by atoms with Gasteiger partial charge in [0.1, 0.15) is 0 Å². The van der Waals surface area contributed by atoms with Gasteiger partial charge in [-0.15, -0.1) is 0 Å². The molecule has 0 aromatic heterocycles. The number of hydrogen-bond donors (Lipinski definition) is 2. The van der Waals surface area contributed by atoms with Crippen molar-refractivity contribution in [2.75, 3.05) is 38.5 Å². The van der Waals surface area contributed by atoms with Crippen LogP contribution in [0.25, 0.3) is 0 Å². The summed E-state index contributed by atoms with van der Waals surface area (Å²) in [7, 11) is -2.55. The lowest BCUT2D eigenvalue weighted by Gasteiger charge is -2.10. The van der Waals surface area contributed by atoms with E-state index < -0.39 is 9.15 Å². The Balaban J connectivity index is 1.31. The van der Waals surface area contributed by atoms with Gasteiger partial charge in [0.05, 0.1) is 6.61 Å². The molecule has 0 bridgehead atoms. The molecule has 0 atom stereocenters. The van der Waals surface area contributed by atoms with E-state index in [1.54, 1.807) is 0 Å². The first-order chi connectivity index (χ1) is 14.2. The summed E-state index contributed by atoms with van der Waals surface area (Å²) in [6.07, 6.45) is 19.0. The highest BCUT2D eigenvalue weighted by Gasteiger charge is 2.15. The summed E-state index contributed by atoms with van der Waals surface area (Å²) >= 11 is 0. The summed E-state index contributed by atoms with van der Waals surface area (Å²) in [6.45, 7) is 3.48. The lowest BCUT2D eigenvalue weighted by molar-refractivity contribution is 0.324. The first-order valence-electron chi connectivity index (χ1n) is 12.1. The first kappa shape index (κ1) is 25.4. The Morgan fingerprint density at radius 2 is 1.24 bits per heavy atom. The molecule has 0 aromatic rings. The minimum atomic E-state index is -3.46. The fourth-order valence-electron chi connectivity index (χ4n) is 4.68. The zero-order chi connectivity index (χ0) is 20.6. The minimum Gasteiger partial charge on any atom is -0.316 e. The Morgan fingerprint density at radius 3 is 1.79 bits per heavy atom. The van der Waals surface area contributed by atoms with Crippen molar-refractivity contribution in [3.05, 3.63) is 0 Å². The average molecular weight is 449 g/mol. The Bertz CT molecular complexity index is 452. The standard InChI is InChI=1S/C22H44N2O3S2/c25-29(26,27-19-17-23-15-7-5-13-21-9-1-2-10-21)28-20-18-24-16-8-6-14-22-11-3-4-12-22/h21-24H,1-20H2. The number of unbranched alkanes of at least 4 members (excludes halogenated alkanes) is 2. The fourth-order valence-corrected chi connectivity index (χ4v) is 6.74. The normalized spacial score (nSPS) is 18.8. The average Bonchev–Trinajstić information content (AvgIpc) is 3.40. The van der Waals surface area contributed by atoms with E-state index in [1.165, 1.54) is 89.9 Å². The van der Waals surface area contributed by atoms with Gasteiger partial charge in [0.15, 0.2) is 0 Å². The van der Waals surface area contributed by atoms with Gasteiger partial charge >= 0.3 is 9.15 Å². The number of hydrogen-bond acceptors (Lipinski definition) is 6. The van der Waals surface area contributed by atoms with Crippen molar-refractivity contribution < 1.29 is 12.6 Å². The van der Waals surface area contributed by atoms with E-state index in [0.29, 0.717) is 12.3 Å². The predicted molar refractivity (Wildman–Crippen MR) is 125 cm³/mol. The molecular formula is C22H44N2O3S2. The molecule has 7 heteroatoms. The molecule has 0 unspecified atom stereocenters. The minimum absolute atomic E-state index is 0.229. The first-order valence-corrected chi connectivity index (χ1v) is 15.0. The molecule has 0 spiro atoms. The Morgan fingerprint density at radius 1 is 0.724 bits per heavy atom. The zero-order valence-electron chi connectivity index (χ0n) is 18.3. The van der Waals surface area contributed by atoms with Gasteiger partial charge in [0.25, 0.3) is 0 Å². The van der Waals surface area contributed by atoms with Crippen molar-refractivity contribution in [2.45, 2.75) is 89.9 Å². The molecule has 2 N–H and O–H groups in total. The largest absolute Gasteiger partial charge is 0.322 e. The highest BCUT2D eigenvalue weighted by atomic mass is 33.1. The lowest BCUT2D eigenvalue weighted by atomic mass is 10.0. The topological polar surface area (TPSA) is 67.4 Å². The quantitative estimate of drug-likeness (QED) is 0.230. The Labute approximate surface area is 183 Å². The van der Waals surface area contributed by atoms with Gasteiger partial charge in [-0.05, 0) is 48.6 Å². The fraction of sp³-hybridized carbons (Fsp3) is 1.00. The third-order valence-corrected chi connectivity index (χ3v) is 9.16. The Kier molecular flexibility index (Phi) is 14.0. The molecule has 172 valence electrons. The van der Waals surface area contributed by atoms with Crippen LogP contribution in [-0.2, 0) is 13.3 Å². The summed E-state index contributed by atoms with van der Waals surface area (Å²) in [5.74, 6) is 2.48. The van der Waals surface area contributed by atoms with Crippen LogP contribution < -0.4 is 10.6 Å². The third kappa shape index (κ3) is 13.2. The molecule has 2 aliphatic carbocycles. The van der Waals surface area contributed by atoms with Crippen molar-refractivity contribution in [2.24, 2.45) is 11.8 Å². The summed E-state index contributed by atoms with van der Waals surface area (Å²) < 4.78 is 28.8. The van der Waals surface area contributed by atoms with Gasteiger partial charge < -0.3 is 10.6 Å². The van der Waals surface area contributed by atoms with Gasteiger partial charge in [-0.25, -0.2) is 0 Å². The van der Waals surface area contributed by atoms with Crippen molar-refractivity contribution in [3.63, 3.8) is 0 Å². The highest BCUT2D eigenvalue weighted by Crippen LogP contribution is 2.29. The lowest BCUT2D eigenvalue weighted by Crippen LogP contribution is -2.23. The summed E-state index contributed by atoms with van der Waals surface area (Å²) in [6, 6.07) is 0. The molecule has 0 amide bonds. The van der Waals surface area contributed by atoms with E-state index in [1.807, 2.05) is 0 Å². The molecule has 2 saturated carbocycles. The molecule has 2 aliphatic rings. The van der Waals surface area contributed by atoms with Crippen molar-refractivity contribution in [1.29, 1.82) is 0 Å². The molecule has 0 saturated heterocycles. The Hall–Kier alpha value is 0.180. The van der Waals surface area contributed by atoms with Gasteiger partial charge in [-0.1, -0.05) is 77.0 Å². The van der Waals surface area contributed by atoms with Crippen LogP contribution in [-0.4, -0.2) is 47.0 Å². The summed E-state index contributed by atoms with van der Waals surface area (Å²) in [5, 5.41) is 6.63. The monoisotopic (exact) mass is 448 g/mol. The second-order valence-electron chi connectivity index (χ2n) is 8.84. The van der Waals surface area contributed by atoms with E-state index in [-0.39, 0.29) is 6.61 Å². The molecule has 0 radical (unpaired) electrons. The molecule has 0 aromatic carbocycles. The highest BCUT2D eigenvalue weighted by molar-refractivity contribution is 8.70. The summed E-state index contributed by atoms with van der Waals surface area (Å²) in [4.78, 5) is 0. The molecular weight excluding hydrogens is 404 g/mol. The number of rotatable bonds is 18. The van der Waals surface area contributed by atoms with Crippen LogP contribution in [0.2, 0.25) is 0 Å². The SMILES string of the molecule is O=S(=O)(OCCNCCCCC1CCCC1)SCCNCCCCC1CCCC1. The van der Waals surface area contributed by atoms with E-state index in [2.05, 4.69) is 10.6 Å². The van der Waals surface area contributed by atoms with Crippen LogP contribution in [0.1, 0.15) is 89.9 Å². The van der Waals surface area contributed by atoms with E-state index in [4.69, 9.17) is 4.18 Å². The second kappa shape index (κ2) is 15.9. The van der Waals surface area contributed by atoms with E-state index >= 15 is 0 Å². The van der Waals surface area contributed by atoms with Gasteiger partial charge in [0.2, 0.25) is 0 Å². The summed E-state index contributed by atoms with van der Waals surface area (Å²) in [5.41, 5.74) is 0. The van der Waals surface area contributed by atoms with Crippen molar-refractivity contribution >= 4 is 19.9 Å². The van der Waals surface area contributed by atoms with Crippen LogP contribution in [0.15, 0.2) is 0 Å². The van der Waals surface area contributed by atoms with Crippen LogP contribution in [0.5, 0.6) is 0 Å². The van der Waals surface area contributed by atoms with Crippen LogP contribution in [0.4, 0.5) is 0 Å². The third-order valence-electron chi connectivity index (χ3n) is 6.39. The molecule has 2 rings (SSSR count). The maximum absolute atomic E-state index is 11.9.